The number of anilines is 1. The number of nitrogens with one attached hydrogen (secondary N) is 1. The lowest BCUT2D eigenvalue weighted by molar-refractivity contribution is -0.119. The van der Waals surface area contributed by atoms with Crippen LogP contribution in [0.25, 0.3) is 0 Å². The van der Waals surface area contributed by atoms with Crippen molar-refractivity contribution in [3.8, 4) is 0 Å². The summed E-state index contributed by atoms with van der Waals surface area (Å²) in [6.07, 6.45) is 0. The van der Waals surface area contributed by atoms with Crippen molar-refractivity contribution in [2.75, 3.05) is 25.0 Å². The van der Waals surface area contributed by atoms with Crippen LogP contribution in [-0.4, -0.2) is 41.0 Å². The summed E-state index contributed by atoms with van der Waals surface area (Å²) in [6.45, 7) is 2.55. The summed E-state index contributed by atoms with van der Waals surface area (Å²) in [7, 11) is 1.66. The molecule has 88 valence electrons. The number of rotatable bonds is 4. The fraction of sp³-hybridized carbons (Fsp3) is 0.500. The van der Waals surface area contributed by atoms with Gasteiger partial charge in [-0.25, -0.2) is 0 Å². The quantitative estimate of drug-likeness (QED) is 0.868. The van der Waals surface area contributed by atoms with Gasteiger partial charge in [0.05, 0.1) is 6.54 Å². The van der Waals surface area contributed by atoms with Gasteiger partial charge in [-0.2, -0.15) is 15.0 Å². The van der Waals surface area contributed by atoms with E-state index in [-0.39, 0.29) is 29.0 Å². The maximum absolute atomic E-state index is 11.3. The summed E-state index contributed by atoms with van der Waals surface area (Å²) in [5.74, 6) is 0.133. The lowest BCUT2D eigenvalue weighted by atomic mass is 10.5. The Balaban J connectivity index is 2.72. The SMILES string of the molecule is CCNC(=O)CN(C)c1nc(Cl)nc(Cl)n1. The summed E-state index contributed by atoms with van der Waals surface area (Å²) >= 11 is 11.2. The van der Waals surface area contributed by atoms with Crippen molar-refractivity contribution in [3.63, 3.8) is 0 Å². The van der Waals surface area contributed by atoms with E-state index in [1.807, 2.05) is 6.92 Å². The van der Waals surface area contributed by atoms with E-state index in [0.717, 1.165) is 0 Å². The highest BCUT2D eigenvalue weighted by atomic mass is 35.5. The third-order valence-electron chi connectivity index (χ3n) is 1.67. The zero-order valence-electron chi connectivity index (χ0n) is 8.87. The van der Waals surface area contributed by atoms with Crippen molar-refractivity contribution in [1.82, 2.24) is 20.3 Å². The van der Waals surface area contributed by atoms with Gasteiger partial charge in [0, 0.05) is 13.6 Å². The van der Waals surface area contributed by atoms with Gasteiger partial charge in [-0.1, -0.05) is 0 Å². The first-order valence-corrected chi connectivity index (χ1v) is 5.33. The number of halogens is 2. The molecule has 0 bridgehead atoms. The Morgan fingerprint density at radius 3 is 2.38 bits per heavy atom. The maximum atomic E-state index is 11.3. The Kier molecular flexibility index (Phi) is 4.70. The predicted octanol–water partition coefficient (Wildman–Crippen LogP) is 0.751. The van der Waals surface area contributed by atoms with E-state index in [1.165, 1.54) is 4.90 Å². The molecule has 0 unspecified atom stereocenters. The van der Waals surface area contributed by atoms with Crippen LogP contribution in [-0.2, 0) is 4.79 Å². The minimum Gasteiger partial charge on any atom is -0.355 e. The molecule has 0 aliphatic heterocycles. The molecule has 0 aliphatic carbocycles. The van der Waals surface area contributed by atoms with E-state index >= 15 is 0 Å². The number of nitrogens with zero attached hydrogens (tertiary/aromatic N) is 4. The number of likely N-dealkylation sites (N-methyl/N-ethyl adjacent to an activating group) is 2. The molecule has 0 radical (unpaired) electrons. The van der Waals surface area contributed by atoms with Crippen molar-refractivity contribution in [1.29, 1.82) is 0 Å². The fourth-order valence-corrected chi connectivity index (χ4v) is 1.38. The normalized spacial score (nSPS) is 10.0. The van der Waals surface area contributed by atoms with E-state index in [0.29, 0.717) is 6.54 Å². The van der Waals surface area contributed by atoms with Crippen LogP contribution >= 0.6 is 23.2 Å². The predicted molar refractivity (Wildman–Crippen MR) is 61.8 cm³/mol. The summed E-state index contributed by atoms with van der Waals surface area (Å²) in [4.78, 5) is 24.2. The Labute approximate surface area is 103 Å². The molecule has 0 saturated carbocycles. The summed E-state index contributed by atoms with van der Waals surface area (Å²) in [5.41, 5.74) is 0. The number of hydrogen-bond donors (Lipinski definition) is 1. The molecule has 1 N–H and O–H groups in total. The lowest BCUT2D eigenvalue weighted by Gasteiger charge is -2.15. The number of aromatic nitrogens is 3. The highest BCUT2D eigenvalue weighted by Crippen LogP contribution is 2.12. The third-order valence-corrected chi connectivity index (χ3v) is 2.00. The van der Waals surface area contributed by atoms with Gasteiger partial charge in [0.2, 0.25) is 22.4 Å². The molecule has 1 aromatic heterocycles. The first-order valence-electron chi connectivity index (χ1n) is 4.57. The molecule has 1 amide bonds. The summed E-state index contributed by atoms with van der Waals surface area (Å²) < 4.78 is 0. The van der Waals surface area contributed by atoms with E-state index < -0.39 is 0 Å². The van der Waals surface area contributed by atoms with E-state index in [2.05, 4.69) is 20.3 Å². The topological polar surface area (TPSA) is 71.0 Å². The van der Waals surface area contributed by atoms with Gasteiger partial charge in [0.25, 0.3) is 0 Å². The zero-order valence-corrected chi connectivity index (χ0v) is 10.4. The number of hydrogen-bond acceptors (Lipinski definition) is 5. The number of amides is 1. The second kappa shape index (κ2) is 5.81. The minimum atomic E-state index is -0.127. The molecule has 0 atom stereocenters. The molecule has 1 aromatic rings. The van der Waals surface area contributed by atoms with Crippen molar-refractivity contribution < 1.29 is 4.79 Å². The van der Waals surface area contributed by atoms with Crippen LogP contribution in [0.2, 0.25) is 10.6 Å². The molecule has 0 saturated heterocycles. The first kappa shape index (κ1) is 12.9. The van der Waals surface area contributed by atoms with Crippen LogP contribution in [0.5, 0.6) is 0 Å². The van der Waals surface area contributed by atoms with Crippen molar-refractivity contribution >= 4 is 35.1 Å². The van der Waals surface area contributed by atoms with E-state index in [1.54, 1.807) is 7.05 Å². The van der Waals surface area contributed by atoms with Gasteiger partial charge in [-0.15, -0.1) is 0 Å². The summed E-state index contributed by atoms with van der Waals surface area (Å²) in [5, 5.41) is 2.65. The largest absolute Gasteiger partial charge is 0.355 e. The Morgan fingerprint density at radius 2 is 1.88 bits per heavy atom. The van der Waals surface area contributed by atoms with Crippen molar-refractivity contribution in [3.05, 3.63) is 10.6 Å². The highest BCUT2D eigenvalue weighted by Gasteiger charge is 2.11. The van der Waals surface area contributed by atoms with E-state index in [4.69, 9.17) is 23.2 Å². The van der Waals surface area contributed by atoms with Crippen LogP contribution < -0.4 is 10.2 Å². The molecule has 1 rings (SSSR count). The molecule has 8 heteroatoms. The van der Waals surface area contributed by atoms with Crippen LogP contribution in [0.15, 0.2) is 0 Å². The van der Waals surface area contributed by atoms with Crippen molar-refractivity contribution in [2.24, 2.45) is 0 Å². The van der Waals surface area contributed by atoms with Crippen LogP contribution in [0.3, 0.4) is 0 Å². The van der Waals surface area contributed by atoms with E-state index in [9.17, 15) is 4.79 Å². The van der Waals surface area contributed by atoms with Gasteiger partial charge in [-0.3, -0.25) is 4.79 Å². The second-order valence-corrected chi connectivity index (χ2v) is 3.66. The molecule has 6 nitrogen and oxygen atoms in total. The maximum Gasteiger partial charge on any atom is 0.239 e. The smallest absolute Gasteiger partial charge is 0.239 e. The minimum absolute atomic E-state index is 0.00208. The fourth-order valence-electron chi connectivity index (χ4n) is 1.03. The van der Waals surface area contributed by atoms with Crippen LogP contribution in [0, 0.1) is 0 Å². The molecule has 0 aromatic carbocycles. The molecule has 0 fully saturated rings. The average Bonchev–Trinajstić information content (AvgIpc) is 2.16. The summed E-state index contributed by atoms with van der Waals surface area (Å²) in [6, 6.07) is 0. The second-order valence-electron chi connectivity index (χ2n) is 2.98. The monoisotopic (exact) mass is 263 g/mol. The third kappa shape index (κ3) is 3.79. The van der Waals surface area contributed by atoms with Crippen molar-refractivity contribution in [2.45, 2.75) is 6.92 Å². The first-order chi connectivity index (χ1) is 7.52. The Hall–Kier alpha value is -1.14. The highest BCUT2D eigenvalue weighted by molar-refractivity contribution is 6.31. The lowest BCUT2D eigenvalue weighted by Crippen LogP contribution is -2.35. The van der Waals surface area contributed by atoms with Gasteiger partial charge in [-0.05, 0) is 30.1 Å². The molecular formula is C8H11Cl2N5O. The zero-order chi connectivity index (χ0) is 12.1. The molecule has 1 heterocycles. The Morgan fingerprint density at radius 1 is 1.31 bits per heavy atom. The molecule has 0 spiro atoms. The van der Waals surface area contributed by atoms with Gasteiger partial charge < -0.3 is 10.2 Å². The molecule has 0 aliphatic rings. The average molecular weight is 264 g/mol. The standard InChI is InChI=1S/C8H11Cl2N5O/c1-3-11-5(16)4-15(2)8-13-6(9)12-7(10)14-8/h3-4H2,1-2H3,(H,11,16). The number of carbonyl (C=O) groups is 1. The Bertz CT molecular complexity index is 366. The van der Waals surface area contributed by atoms with Crippen LogP contribution in [0.1, 0.15) is 6.92 Å². The molecule has 16 heavy (non-hydrogen) atoms. The van der Waals surface area contributed by atoms with Crippen LogP contribution in [0.4, 0.5) is 5.95 Å². The number of carbonyl (C=O) groups excluding carboxylic acids is 1. The van der Waals surface area contributed by atoms with Gasteiger partial charge in [0.1, 0.15) is 0 Å². The van der Waals surface area contributed by atoms with Gasteiger partial charge >= 0.3 is 0 Å². The molecular weight excluding hydrogens is 253 g/mol. The van der Waals surface area contributed by atoms with Gasteiger partial charge in [0.15, 0.2) is 0 Å².